The fraction of sp³-hybridized carbons (Fsp3) is 0.480. The number of benzene rings is 2. The zero-order chi connectivity index (χ0) is 23.7. The van der Waals surface area contributed by atoms with Crippen molar-refractivity contribution in [1.29, 1.82) is 0 Å². The lowest BCUT2D eigenvalue weighted by atomic mass is 9.86. The van der Waals surface area contributed by atoms with Crippen molar-refractivity contribution < 1.29 is 17.9 Å². The fourth-order valence-corrected chi connectivity index (χ4v) is 5.44. The fourth-order valence-electron chi connectivity index (χ4n) is 3.89. The van der Waals surface area contributed by atoms with Crippen LogP contribution in [-0.2, 0) is 20.2 Å². The van der Waals surface area contributed by atoms with E-state index in [0.717, 1.165) is 16.7 Å². The minimum atomic E-state index is -3.56. The molecule has 0 unspecified atom stereocenters. The molecule has 2 aromatic carbocycles. The van der Waals surface area contributed by atoms with Crippen LogP contribution in [0.5, 0.6) is 5.75 Å². The molecule has 0 bridgehead atoms. The van der Waals surface area contributed by atoms with Crippen LogP contribution in [0.15, 0.2) is 41.3 Å². The third-order valence-electron chi connectivity index (χ3n) is 6.26. The number of carbonyl (C=O) groups excluding carboxylic acids is 1. The molecule has 1 saturated heterocycles. The molecule has 1 heterocycles. The van der Waals surface area contributed by atoms with Gasteiger partial charge >= 0.3 is 0 Å². The lowest BCUT2D eigenvalue weighted by molar-refractivity contribution is -0.120. The molecule has 0 aromatic heterocycles. The summed E-state index contributed by atoms with van der Waals surface area (Å²) in [5.74, 6) is 0.267. The zero-order valence-corrected chi connectivity index (χ0v) is 20.7. The van der Waals surface area contributed by atoms with Crippen molar-refractivity contribution in [2.75, 3.05) is 25.5 Å². The summed E-state index contributed by atoms with van der Waals surface area (Å²) in [6, 6.07) is 11.0. The van der Waals surface area contributed by atoms with Gasteiger partial charge in [-0.05, 0) is 73.1 Å². The van der Waals surface area contributed by atoms with E-state index in [1.165, 1.54) is 4.31 Å². The largest absolute Gasteiger partial charge is 0.495 e. The number of ether oxygens (including phenoxy) is 1. The SMILES string of the molecule is COc1ccc(C(C)(C)C)cc1NC(=O)C1CCN(S(=O)(=O)c2ccc(C)c(C)c2)CC1. The second-order valence-electron chi connectivity index (χ2n) is 9.58. The standard InChI is InChI=1S/C25H34N2O4S/c1-17-7-9-21(15-18(17)2)32(29,30)27-13-11-19(12-14-27)24(28)26-22-16-20(25(3,4)5)8-10-23(22)31-6/h7-10,15-16,19H,11-14H2,1-6H3,(H,26,28). The van der Waals surface area contributed by atoms with Gasteiger partial charge in [0.1, 0.15) is 5.75 Å². The molecule has 0 spiro atoms. The number of sulfonamides is 1. The van der Waals surface area contributed by atoms with Gasteiger partial charge in [0.05, 0.1) is 17.7 Å². The van der Waals surface area contributed by atoms with Gasteiger partial charge in [0.2, 0.25) is 15.9 Å². The smallest absolute Gasteiger partial charge is 0.243 e. The highest BCUT2D eigenvalue weighted by molar-refractivity contribution is 7.89. The average molecular weight is 459 g/mol. The molecular formula is C25H34N2O4S. The molecule has 0 saturated carbocycles. The summed E-state index contributed by atoms with van der Waals surface area (Å²) in [4.78, 5) is 13.3. The first-order valence-electron chi connectivity index (χ1n) is 11.0. The summed E-state index contributed by atoms with van der Waals surface area (Å²) in [7, 11) is -1.98. The monoisotopic (exact) mass is 458 g/mol. The van der Waals surface area contributed by atoms with Crippen LogP contribution in [0.3, 0.4) is 0 Å². The number of rotatable bonds is 5. The van der Waals surface area contributed by atoms with Crippen molar-refractivity contribution in [1.82, 2.24) is 4.31 Å². The van der Waals surface area contributed by atoms with Crippen molar-refractivity contribution in [3.8, 4) is 5.75 Å². The van der Waals surface area contributed by atoms with E-state index in [1.807, 2.05) is 38.1 Å². The number of hydrogen-bond acceptors (Lipinski definition) is 4. The van der Waals surface area contributed by atoms with Crippen LogP contribution < -0.4 is 10.1 Å². The number of nitrogens with one attached hydrogen (secondary N) is 1. The molecule has 3 rings (SSSR count). The third-order valence-corrected chi connectivity index (χ3v) is 8.16. The Morgan fingerprint density at radius 3 is 2.25 bits per heavy atom. The maximum Gasteiger partial charge on any atom is 0.243 e. The van der Waals surface area contributed by atoms with E-state index in [9.17, 15) is 13.2 Å². The summed E-state index contributed by atoms with van der Waals surface area (Å²) < 4.78 is 33.0. The first-order chi connectivity index (χ1) is 14.9. The Labute approximate surface area is 192 Å². The van der Waals surface area contributed by atoms with Gasteiger partial charge in [-0.1, -0.05) is 32.9 Å². The summed E-state index contributed by atoms with van der Waals surface area (Å²) in [6.07, 6.45) is 0.967. The molecule has 6 nitrogen and oxygen atoms in total. The highest BCUT2D eigenvalue weighted by Gasteiger charge is 2.32. The number of nitrogens with zero attached hydrogens (tertiary/aromatic N) is 1. The van der Waals surface area contributed by atoms with Crippen molar-refractivity contribution >= 4 is 21.6 Å². The maximum atomic E-state index is 13.0. The Morgan fingerprint density at radius 2 is 1.69 bits per heavy atom. The lowest BCUT2D eigenvalue weighted by Crippen LogP contribution is -2.41. The van der Waals surface area contributed by atoms with Crippen LogP contribution in [0.2, 0.25) is 0 Å². The molecule has 1 aliphatic heterocycles. The Kier molecular flexibility index (Phi) is 7.00. The molecule has 2 aromatic rings. The number of anilines is 1. The maximum absolute atomic E-state index is 13.0. The van der Waals surface area contributed by atoms with E-state index < -0.39 is 10.0 Å². The molecule has 1 fully saturated rings. The lowest BCUT2D eigenvalue weighted by Gasteiger charge is -2.31. The van der Waals surface area contributed by atoms with Crippen LogP contribution in [-0.4, -0.2) is 38.8 Å². The summed E-state index contributed by atoms with van der Waals surface area (Å²) >= 11 is 0. The Balaban J connectivity index is 1.69. The quantitative estimate of drug-likeness (QED) is 0.708. The van der Waals surface area contributed by atoms with E-state index >= 15 is 0 Å². The number of amides is 1. The molecular weight excluding hydrogens is 424 g/mol. The third kappa shape index (κ3) is 5.15. The number of piperidine rings is 1. The van der Waals surface area contributed by atoms with E-state index in [4.69, 9.17) is 4.74 Å². The number of hydrogen-bond donors (Lipinski definition) is 1. The van der Waals surface area contributed by atoms with Crippen molar-refractivity contribution in [2.24, 2.45) is 5.92 Å². The van der Waals surface area contributed by atoms with Crippen molar-refractivity contribution in [3.63, 3.8) is 0 Å². The van der Waals surface area contributed by atoms with Crippen LogP contribution in [0.1, 0.15) is 50.3 Å². The highest BCUT2D eigenvalue weighted by Crippen LogP contribution is 2.33. The van der Waals surface area contributed by atoms with E-state index in [0.29, 0.717) is 42.3 Å². The summed E-state index contributed by atoms with van der Waals surface area (Å²) in [6.45, 7) is 10.9. The second kappa shape index (κ2) is 9.24. The van der Waals surface area contributed by atoms with Gasteiger partial charge in [-0.25, -0.2) is 8.42 Å². The Bertz CT molecular complexity index is 1100. The van der Waals surface area contributed by atoms with Gasteiger partial charge < -0.3 is 10.1 Å². The van der Waals surface area contributed by atoms with Crippen LogP contribution in [0.25, 0.3) is 0 Å². The molecule has 0 atom stereocenters. The van der Waals surface area contributed by atoms with Crippen LogP contribution in [0.4, 0.5) is 5.69 Å². The summed E-state index contributed by atoms with van der Waals surface area (Å²) in [5.41, 5.74) is 3.70. The molecule has 1 aliphatic rings. The molecule has 0 aliphatic carbocycles. The minimum Gasteiger partial charge on any atom is -0.495 e. The second-order valence-corrected chi connectivity index (χ2v) is 11.5. The average Bonchev–Trinajstić information content (AvgIpc) is 2.75. The topological polar surface area (TPSA) is 75.7 Å². The predicted molar refractivity (Wildman–Crippen MR) is 128 cm³/mol. The van der Waals surface area contributed by atoms with Crippen LogP contribution in [0, 0.1) is 19.8 Å². The van der Waals surface area contributed by atoms with Gasteiger partial charge in [-0.2, -0.15) is 4.31 Å². The number of carbonyl (C=O) groups is 1. The molecule has 1 N–H and O–H groups in total. The van der Waals surface area contributed by atoms with E-state index in [-0.39, 0.29) is 17.2 Å². The molecule has 0 radical (unpaired) electrons. The van der Waals surface area contributed by atoms with Crippen LogP contribution >= 0.6 is 0 Å². The van der Waals surface area contributed by atoms with Gasteiger partial charge in [-0.15, -0.1) is 0 Å². The normalized spacial score (nSPS) is 16.1. The first kappa shape index (κ1) is 24.3. The van der Waals surface area contributed by atoms with Gasteiger partial charge in [0.15, 0.2) is 0 Å². The van der Waals surface area contributed by atoms with Gasteiger partial charge in [0, 0.05) is 19.0 Å². The molecule has 174 valence electrons. The Morgan fingerprint density at radius 1 is 1.03 bits per heavy atom. The highest BCUT2D eigenvalue weighted by atomic mass is 32.2. The predicted octanol–water partition coefficient (Wildman–Crippen LogP) is 4.65. The summed E-state index contributed by atoms with van der Waals surface area (Å²) in [5, 5.41) is 3.01. The number of aryl methyl sites for hydroxylation is 2. The zero-order valence-electron chi connectivity index (χ0n) is 19.9. The minimum absolute atomic E-state index is 0.0558. The first-order valence-corrected chi connectivity index (χ1v) is 12.4. The van der Waals surface area contributed by atoms with Gasteiger partial charge in [0.25, 0.3) is 0 Å². The molecule has 32 heavy (non-hydrogen) atoms. The molecule has 7 heteroatoms. The molecule has 1 amide bonds. The van der Waals surface area contributed by atoms with Gasteiger partial charge in [-0.3, -0.25) is 4.79 Å². The van der Waals surface area contributed by atoms with E-state index in [1.54, 1.807) is 19.2 Å². The number of methoxy groups -OCH3 is 1. The van der Waals surface area contributed by atoms with Crippen molar-refractivity contribution in [2.45, 2.75) is 57.8 Å². The van der Waals surface area contributed by atoms with Crippen molar-refractivity contribution in [3.05, 3.63) is 53.1 Å². The Hall–Kier alpha value is -2.38. The van der Waals surface area contributed by atoms with E-state index in [2.05, 4.69) is 26.1 Å².